The van der Waals surface area contributed by atoms with Gasteiger partial charge in [-0.15, -0.1) is 0 Å². The van der Waals surface area contributed by atoms with Gasteiger partial charge >= 0.3 is 12.1 Å². The van der Waals surface area contributed by atoms with E-state index in [2.05, 4.69) is 15.3 Å². The lowest BCUT2D eigenvalue weighted by Gasteiger charge is -2.22. The third-order valence-corrected chi connectivity index (χ3v) is 6.61. The Kier molecular flexibility index (Phi) is 10.1. The van der Waals surface area contributed by atoms with Crippen LogP contribution in [0, 0.1) is 0 Å². The Hall–Kier alpha value is -4.77. The molecule has 0 saturated carbocycles. The zero-order chi connectivity index (χ0) is 31.0. The first-order valence-electron chi connectivity index (χ1n) is 13.2. The quantitative estimate of drug-likeness (QED) is 0.201. The molecule has 0 aliphatic heterocycles. The van der Waals surface area contributed by atoms with E-state index < -0.39 is 35.6 Å². The highest BCUT2D eigenvalue weighted by atomic mass is 35.5. The Bertz CT molecular complexity index is 1580. The molecule has 3 aromatic carbocycles. The molecule has 1 aromatic heterocycles. The van der Waals surface area contributed by atoms with Crippen LogP contribution in [0.25, 0.3) is 11.3 Å². The number of aromatic nitrogens is 2. The zero-order valence-electron chi connectivity index (χ0n) is 22.6. The fourth-order valence-corrected chi connectivity index (χ4v) is 4.45. The van der Waals surface area contributed by atoms with Crippen LogP contribution >= 0.6 is 11.6 Å². The van der Waals surface area contributed by atoms with Crippen LogP contribution in [0.15, 0.2) is 91.1 Å². The van der Waals surface area contributed by atoms with Crippen molar-refractivity contribution in [2.75, 3.05) is 4.90 Å². The van der Waals surface area contributed by atoms with Crippen molar-refractivity contribution in [2.24, 2.45) is 0 Å². The number of halogens is 4. The number of carboxylic acids is 1. The lowest BCUT2D eigenvalue weighted by molar-refractivity contribution is -0.141. The molecule has 1 atom stereocenters. The van der Waals surface area contributed by atoms with Gasteiger partial charge < -0.3 is 10.4 Å². The van der Waals surface area contributed by atoms with Gasteiger partial charge in [0.1, 0.15) is 6.04 Å². The molecule has 0 aliphatic rings. The number of carbonyl (C=O) groups is 3. The van der Waals surface area contributed by atoms with Crippen molar-refractivity contribution in [2.45, 2.75) is 37.9 Å². The monoisotopic (exact) mass is 610 g/mol. The van der Waals surface area contributed by atoms with Crippen LogP contribution < -0.4 is 10.2 Å². The molecule has 0 radical (unpaired) electrons. The first kappa shape index (κ1) is 31.2. The molecule has 0 saturated heterocycles. The van der Waals surface area contributed by atoms with Gasteiger partial charge in [0, 0.05) is 36.0 Å². The van der Waals surface area contributed by atoms with Crippen LogP contribution in [0.5, 0.6) is 0 Å². The molecule has 2 amide bonds. The Morgan fingerprint density at radius 2 is 1.65 bits per heavy atom. The smallest absolute Gasteiger partial charge is 0.416 e. The molecule has 1 heterocycles. The SMILES string of the molecule is O=C(CCCC(=O)N(c1ccc(C(F)(F)F)cc1)c1nccc(-c2cccc(Cl)c2)n1)N[C@@H](Cc1ccccc1)C(=O)O. The minimum Gasteiger partial charge on any atom is -0.480 e. The van der Waals surface area contributed by atoms with Crippen LogP contribution in [0.2, 0.25) is 5.02 Å². The molecule has 0 spiro atoms. The molecular formula is C31H26ClF3N4O4. The highest BCUT2D eigenvalue weighted by molar-refractivity contribution is 6.30. The summed E-state index contributed by atoms with van der Waals surface area (Å²) in [4.78, 5) is 47.4. The van der Waals surface area contributed by atoms with E-state index >= 15 is 0 Å². The maximum atomic E-state index is 13.5. The number of nitrogens with one attached hydrogen (secondary N) is 1. The second kappa shape index (κ2) is 13.9. The topological polar surface area (TPSA) is 112 Å². The number of carboxylic acid groups (broad SMARTS) is 1. The lowest BCUT2D eigenvalue weighted by atomic mass is 10.1. The van der Waals surface area contributed by atoms with Gasteiger partial charge in [-0.2, -0.15) is 13.2 Å². The van der Waals surface area contributed by atoms with Crippen LogP contribution in [-0.2, 0) is 27.0 Å². The van der Waals surface area contributed by atoms with Crippen molar-refractivity contribution < 1.29 is 32.7 Å². The number of carbonyl (C=O) groups excluding carboxylic acids is 2. The Morgan fingerprint density at radius 3 is 2.30 bits per heavy atom. The van der Waals surface area contributed by atoms with E-state index in [1.54, 1.807) is 60.7 Å². The van der Waals surface area contributed by atoms with E-state index in [4.69, 9.17) is 11.6 Å². The third-order valence-electron chi connectivity index (χ3n) is 6.38. The standard InChI is InChI=1S/C31H26ClF3N4O4/c32-23-9-4-8-21(19-23)25-16-17-36-30(38-25)39(24-14-12-22(13-15-24)31(33,34)35)28(41)11-5-10-27(40)37-26(29(42)43)18-20-6-2-1-3-7-20/h1-4,6-9,12-17,19,26H,5,10-11,18H2,(H,37,40)(H,42,43)/t26-/m0/s1. The maximum absolute atomic E-state index is 13.5. The van der Waals surface area contributed by atoms with Gasteiger partial charge in [0.25, 0.3) is 0 Å². The summed E-state index contributed by atoms with van der Waals surface area (Å²) < 4.78 is 39.6. The van der Waals surface area contributed by atoms with E-state index in [-0.39, 0.29) is 37.3 Å². The second-order valence-corrected chi connectivity index (χ2v) is 9.96. The van der Waals surface area contributed by atoms with Gasteiger partial charge in [0.2, 0.25) is 17.8 Å². The van der Waals surface area contributed by atoms with Gasteiger partial charge in [0.05, 0.1) is 16.9 Å². The van der Waals surface area contributed by atoms with Crippen molar-refractivity contribution in [1.82, 2.24) is 15.3 Å². The highest BCUT2D eigenvalue weighted by Crippen LogP contribution is 2.32. The lowest BCUT2D eigenvalue weighted by Crippen LogP contribution is -2.42. The van der Waals surface area contributed by atoms with Crippen LogP contribution in [0.3, 0.4) is 0 Å². The summed E-state index contributed by atoms with van der Waals surface area (Å²) in [6, 6.07) is 20.1. The molecule has 222 valence electrons. The molecule has 0 bridgehead atoms. The molecule has 4 rings (SSSR count). The van der Waals surface area contributed by atoms with E-state index in [1.807, 2.05) is 0 Å². The normalized spacial score (nSPS) is 11.9. The molecule has 8 nitrogen and oxygen atoms in total. The van der Waals surface area contributed by atoms with Gasteiger partial charge in [0.15, 0.2) is 0 Å². The number of amides is 2. The fourth-order valence-electron chi connectivity index (χ4n) is 4.26. The van der Waals surface area contributed by atoms with E-state index in [9.17, 15) is 32.7 Å². The minimum atomic E-state index is -4.57. The van der Waals surface area contributed by atoms with Crippen LogP contribution in [0.1, 0.15) is 30.4 Å². The molecule has 12 heteroatoms. The van der Waals surface area contributed by atoms with Crippen molar-refractivity contribution in [3.05, 3.63) is 107 Å². The summed E-state index contributed by atoms with van der Waals surface area (Å²) in [5.41, 5.74) is 1.00. The highest BCUT2D eigenvalue weighted by Gasteiger charge is 2.31. The average molecular weight is 611 g/mol. The first-order chi connectivity index (χ1) is 20.5. The van der Waals surface area contributed by atoms with Gasteiger partial charge in [-0.3, -0.25) is 9.59 Å². The van der Waals surface area contributed by atoms with Crippen molar-refractivity contribution in [1.29, 1.82) is 0 Å². The van der Waals surface area contributed by atoms with Crippen LogP contribution in [-0.4, -0.2) is 38.9 Å². The van der Waals surface area contributed by atoms with Gasteiger partial charge in [-0.1, -0.05) is 54.1 Å². The Balaban J connectivity index is 1.51. The predicted octanol–water partition coefficient (Wildman–Crippen LogP) is 6.46. The number of alkyl halides is 3. The molecule has 0 unspecified atom stereocenters. The zero-order valence-corrected chi connectivity index (χ0v) is 23.3. The van der Waals surface area contributed by atoms with Gasteiger partial charge in [-0.25, -0.2) is 19.7 Å². The molecular weight excluding hydrogens is 585 g/mol. The minimum absolute atomic E-state index is 0.0352. The summed E-state index contributed by atoms with van der Waals surface area (Å²) >= 11 is 6.10. The van der Waals surface area contributed by atoms with Crippen molar-refractivity contribution in [3.63, 3.8) is 0 Å². The van der Waals surface area contributed by atoms with Crippen LogP contribution in [0.4, 0.5) is 24.8 Å². The van der Waals surface area contributed by atoms with Crippen molar-refractivity contribution >= 4 is 41.0 Å². The predicted molar refractivity (Wildman–Crippen MR) is 155 cm³/mol. The Labute approximate surface area is 250 Å². The van der Waals surface area contributed by atoms with E-state index in [1.165, 1.54) is 6.20 Å². The molecule has 0 fully saturated rings. The summed E-state index contributed by atoms with van der Waals surface area (Å²) in [6.45, 7) is 0. The maximum Gasteiger partial charge on any atom is 0.416 e. The number of rotatable bonds is 11. The first-order valence-corrected chi connectivity index (χ1v) is 13.5. The number of hydrogen-bond acceptors (Lipinski definition) is 5. The summed E-state index contributed by atoms with van der Waals surface area (Å²) in [7, 11) is 0. The summed E-state index contributed by atoms with van der Waals surface area (Å²) in [5.74, 6) is -2.41. The number of hydrogen-bond donors (Lipinski definition) is 2. The van der Waals surface area contributed by atoms with E-state index in [0.29, 0.717) is 16.3 Å². The number of aliphatic carboxylic acids is 1. The third kappa shape index (κ3) is 8.62. The van der Waals surface area contributed by atoms with E-state index in [0.717, 1.165) is 34.7 Å². The fraction of sp³-hybridized carbons (Fsp3) is 0.194. The molecule has 4 aromatic rings. The summed E-state index contributed by atoms with van der Waals surface area (Å²) in [6.07, 6.45) is -3.40. The molecule has 43 heavy (non-hydrogen) atoms. The summed E-state index contributed by atoms with van der Waals surface area (Å²) in [5, 5.41) is 12.5. The Morgan fingerprint density at radius 1 is 0.930 bits per heavy atom. The molecule has 2 N–H and O–H groups in total. The van der Waals surface area contributed by atoms with Gasteiger partial charge in [-0.05, 0) is 54.4 Å². The average Bonchev–Trinajstić information content (AvgIpc) is 2.97. The second-order valence-electron chi connectivity index (χ2n) is 9.53. The number of nitrogens with zero attached hydrogens (tertiary/aromatic N) is 3. The largest absolute Gasteiger partial charge is 0.480 e. The number of anilines is 2. The molecule has 0 aliphatic carbocycles. The number of benzene rings is 3. The van der Waals surface area contributed by atoms with Crippen molar-refractivity contribution in [3.8, 4) is 11.3 Å².